The van der Waals surface area contributed by atoms with Crippen LogP contribution in [0.1, 0.15) is 13.8 Å². The fourth-order valence-electron chi connectivity index (χ4n) is 1.32. The summed E-state index contributed by atoms with van der Waals surface area (Å²) in [4.78, 5) is 6.44. The molecule has 1 aromatic heterocycles. The molecule has 0 radical (unpaired) electrons. The standard InChI is InChI=1S/C10H13BrCl2N2/c1-7(2)15(4-3-12)10-9(11)5-8(13)6-14-10/h5-7H,3-4H2,1-2H3. The molecule has 15 heavy (non-hydrogen) atoms. The first-order chi connectivity index (χ1) is 7.06. The fraction of sp³-hybridized carbons (Fsp3) is 0.500. The third kappa shape index (κ3) is 3.51. The Labute approximate surface area is 109 Å². The molecule has 84 valence electrons. The zero-order valence-electron chi connectivity index (χ0n) is 8.67. The molecule has 0 aliphatic carbocycles. The van der Waals surface area contributed by atoms with Crippen LogP contribution in [0.25, 0.3) is 0 Å². The Morgan fingerprint density at radius 1 is 1.53 bits per heavy atom. The maximum atomic E-state index is 5.84. The number of hydrogen-bond acceptors (Lipinski definition) is 2. The number of anilines is 1. The molecule has 5 heteroatoms. The summed E-state index contributed by atoms with van der Waals surface area (Å²) in [5.74, 6) is 1.46. The van der Waals surface area contributed by atoms with Crippen LogP contribution >= 0.6 is 39.1 Å². The van der Waals surface area contributed by atoms with E-state index in [1.165, 1.54) is 0 Å². The molecular weight excluding hydrogens is 299 g/mol. The third-order valence-corrected chi connectivity index (χ3v) is 2.97. The van der Waals surface area contributed by atoms with E-state index in [4.69, 9.17) is 23.2 Å². The number of halogens is 3. The van der Waals surface area contributed by atoms with Gasteiger partial charge in [-0.1, -0.05) is 11.6 Å². The van der Waals surface area contributed by atoms with Gasteiger partial charge in [0.05, 0.1) is 9.50 Å². The van der Waals surface area contributed by atoms with Gasteiger partial charge in [0.25, 0.3) is 0 Å². The van der Waals surface area contributed by atoms with Crippen LogP contribution in [0.15, 0.2) is 16.7 Å². The van der Waals surface area contributed by atoms with E-state index in [-0.39, 0.29) is 0 Å². The van der Waals surface area contributed by atoms with Crippen molar-refractivity contribution >= 4 is 44.9 Å². The van der Waals surface area contributed by atoms with E-state index < -0.39 is 0 Å². The molecule has 1 heterocycles. The maximum Gasteiger partial charge on any atom is 0.143 e. The first-order valence-corrected chi connectivity index (χ1v) is 6.40. The van der Waals surface area contributed by atoms with E-state index in [1.807, 2.05) is 6.07 Å². The highest BCUT2D eigenvalue weighted by Crippen LogP contribution is 2.27. The Bertz CT molecular complexity index is 331. The molecule has 0 aliphatic rings. The molecule has 0 spiro atoms. The van der Waals surface area contributed by atoms with Crippen molar-refractivity contribution in [1.29, 1.82) is 0 Å². The average Bonchev–Trinajstić information content (AvgIpc) is 2.15. The molecule has 2 nitrogen and oxygen atoms in total. The summed E-state index contributed by atoms with van der Waals surface area (Å²) in [6, 6.07) is 2.20. The lowest BCUT2D eigenvalue weighted by Gasteiger charge is -2.27. The van der Waals surface area contributed by atoms with E-state index >= 15 is 0 Å². The number of pyridine rings is 1. The molecule has 0 saturated heterocycles. The first kappa shape index (κ1) is 13.1. The smallest absolute Gasteiger partial charge is 0.143 e. The van der Waals surface area contributed by atoms with Crippen molar-refractivity contribution in [2.75, 3.05) is 17.3 Å². The van der Waals surface area contributed by atoms with Gasteiger partial charge in [-0.3, -0.25) is 0 Å². The average molecular weight is 312 g/mol. The van der Waals surface area contributed by atoms with Gasteiger partial charge in [-0.15, -0.1) is 11.6 Å². The van der Waals surface area contributed by atoms with Crippen LogP contribution in [0.4, 0.5) is 5.82 Å². The largest absolute Gasteiger partial charge is 0.352 e. The summed E-state index contributed by atoms with van der Waals surface area (Å²) >= 11 is 15.1. The van der Waals surface area contributed by atoms with E-state index in [0.717, 1.165) is 16.8 Å². The molecule has 1 aromatic rings. The van der Waals surface area contributed by atoms with Gasteiger partial charge in [-0.2, -0.15) is 0 Å². The summed E-state index contributed by atoms with van der Waals surface area (Å²) < 4.78 is 0.897. The quantitative estimate of drug-likeness (QED) is 0.783. The highest BCUT2D eigenvalue weighted by molar-refractivity contribution is 9.10. The second kappa shape index (κ2) is 5.92. The lowest BCUT2D eigenvalue weighted by Crippen LogP contribution is -2.33. The molecule has 0 unspecified atom stereocenters. The highest BCUT2D eigenvalue weighted by Gasteiger charge is 2.14. The topological polar surface area (TPSA) is 16.1 Å². The maximum absolute atomic E-state index is 5.84. The summed E-state index contributed by atoms with van der Waals surface area (Å²) in [5, 5.41) is 0.625. The molecule has 1 rings (SSSR count). The summed E-state index contributed by atoms with van der Waals surface area (Å²) in [6.07, 6.45) is 1.64. The SMILES string of the molecule is CC(C)N(CCCl)c1ncc(Cl)cc1Br. The van der Waals surface area contributed by atoms with Crippen LogP contribution in [-0.2, 0) is 0 Å². The number of aromatic nitrogens is 1. The van der Waals surface area contributed by atoms with Crippen molar-refractivity contribution < 1.29 is 0 Å². The van der Waals surface area contributed by atoms with E-state index in [2.05, 4.69) is 39.7 Å². The van der Waals surface area contributed by atoms with Gasteiger partial charge in [-0.25, -0.2) is 4.98 Å². The molecule has 0 aliphatic heterocycles. The Morgan fingerprint density at radius 2 is 2.20 bits per heavy atom. The van der Waals surface area contributed by atoms with E-state index in [0.29, 0.717) is 16.9 Å². The molecule has 0 bridgehead atoms. The van der Waals surface area contributed by atoms with Gasteiger partial charge in [0.15, 0.2) is 0 Å². The minimum absolute atomic E-state index is 0.355. The van der Waals surface area contributed by atoms with Crippen molar-refractivity contribution in [1.82, 2.24) is 4.98 Å². The molecular formula is C10H13BrCl2N2. The number of rotatable bonds is 4. The number of nitrogens with zero attached hydrogens (tertiary/aromatic N) is 2. The lowest BCUT2D eigenvalue weighted by atomic mass is 10.3. The molecule has 0 amide bonds. The monoisotopic (exact) mass is 310 g/mol. The molecule has 0 fully saturated rings. The predicted octanol–water partition coefficient (Wildman–Crippen LogP) is 3.95. The van der Waals surface area contributed by atoms with Gasteiger partial charge in [-0.05, 0) is 35.8 Å². The Balaban J connectivity index is 3.00. The number of alkyl halides is 1. The van der Waals surface area contributed by atoms with Gasteiger partial charge in [0.1, 0.15) is 5.82 Å². The lowest BCUT2D eigenvalue weighted by molar-refractivity contribution is 0.694. The van der Waals surface area contributed by atoms with Crippen LogP contribution in [0.5, 0.6) is 0 Å². The first-order valence-electron chi connectivity index (χ1n) is 4.70. The minimum Gasteiger partial charge on any atom is -0.352 e. The van der Waals surface area contributed by atoms with Crippen LogP contribution in [-0.4, -0.2) is 23.5 Å². The van der Waals surface area contributed by atoms with E-state index in [1.54, 1.807) is 6.20 Å². The summed E-state index contributed by atoms with van der Waals surface area (Å²) in [7, 11) is 0. The van der Waals surface area contributed by atoms with Crippen LogP contribution in [0.2, 0.25) is 5.02 Å². The third-order valence-electron chi connectivity index (χ3n) is 2.01. The summed E-state index contributed by atoms with van der Waals surface area (Å²) in [6.45, 7) is 4.98. The van der Waals surface area contributed by atoms with Crippen LogP contribution in [0, 0.1) is 0 Å². The molecule has 0 atom stereocenters. The molecule has 0 N–H and O–H groups in total. The van der Waals surface area contributed by atoms with Gasteiger partial charge in [0, 0.05) is 24.7 Å². The predicted molar refractivity (Wildman–Crippen MR) is 70.1 cm³/mol. The zero-order valence-corrected chi connectivity index (χ0v) is 11.8. The second-order valence-electron chi connectivity index (χ2n) is 3.44. The molecule has 0 saturated carbocycles. The van der Waals surface area contributed by atoms with Gasteiger partial charge >= 0.3 is 0 Å². The van der Waals surface area contributed by atoms with Crippen molar-refractivity contribution in [2.24, 2.45) is 0 Å². The minimum atomic E-state index is 0.355. The van der Waals surface area contributed by atoms with Crippen LogP contribution in [0.3, 0.4) is 0 Å². The normalized spacial score (nSPS) is 10.8. The zero-order chi connectivity index (χ0) is 11.4. The van der Waals surface area contributed by atoms with Crippen molar-refractivity contribution in [3.05, 3.63) is 21.8 Å². The van der Waals surface area contributed by atoms with Crippen molar-refractivity contribution in [3.63, 3.8) is 0 Å². The summed E-state index contributed by atoms with van der Waals surface area (Å²) in [5.41, 5.74) is 0. The Morgan fingerprint density at radius 3 is 2.67 bits per heavy atom. The fourth-order valence-corrected chi connectivity index (χ4v) is 2.37. The second-order valence-corrected chi connectivity index (χ2v) is 5.10. The van der Waals surface area contributed by atoms with Gasteiger partial charge in [0.2, 0.25) is 0 Å². The van der Waals surface area contributed by atoms with Crippen LogP contribution < -0.4 is 4.90 Å². The molecule has 0 aromatic carbocycles. The highest BCUT2D eigenvalue weighted by atomic mass is 79.9. The van der Waals surface area contributed by atoms with Crippen molar-refractivity contribution in [2.45, 2.75) is 19.9 Å². The Kier molecular flexibility index (Phi) is 5.16. The number of hydrogen-bond donors (Lipinski definition) is 0. The van der Waals surface area contributed by atoms with E-state index in [9.17, 15) is 0 Å². The Hall–Kier alpha value is 0.01000. The van der Waals surface area contributed by atoms with Crippen molar-refractivity contribution in [3.8, 4) is 0 Å². The van der Waals surface area contributed by atoms with Gasteiger partial charge < -0.3 is 4.90 Å².